The van der Waals surface area contributed by atoms with Crippen molar-refractivity contribution in [3.05, 3.63) is 41.6 Å². The highest BCUT2D eigenvalue weighted by Gasteiger charge is 2.08. The molecule has 8 nitrogen and oxygen atoms in total. The molecule has 26 heavy (non-hydrogen) atoms. The number of halogens is 1. The summed E-state index contributed by atoms with van der Waals surface area (Å²) in [6, 6.07) is 3.97. The van der Waals surface area contributed by atoms with E-state index in [2.05, 4.69) is 37.7 Å². The molecule has 0 aromatic carbocycles. The van der Waals surface area contributed by atoms with Crippen LogP contribution in [0.25, 0.3) is 10.8 Å². The molecule has 0 atom stereocenters. The van der Waals surface area contributed by atoms with Crippen LogP contribution in [0.15, 0.2) is 39.5 Å². The van der Waals surface area contributed by atoms with Crippen molar-refractivity contribution in [1.82, 2.24) is 30.4 Å². The molecule has 0 aliphatic rings. The standard InChI is InChI=1S/C16H21N7OS.HI/c1-3-14-22-20-11-23(14)7-6-18-16(17-2)19-9-12-10-24-15(21-12)13-5-4-8-25-13;/h4-5,8,10-11H,3,6-7,9H2,1-2H3,(H2,17,18,19);1H. The second-order valence-corrected chi connectivity index (χ2v) is 6.22. The Morgan fingerprint density at radius 3 is 3.00 bits per heavy atom. The van der Waals surface area contributed by atoms with Crippen LogP contribution >= 0.6 is 35.3 Å². The molecule has 0 bridgehead atoms. The largest absolute Gasteiger partial charge is 0.443 e. The van der Waals surface area contributed by atoms with Crippen molar-refractivity contribution < 1.29 is 4.42 Å². The van der Waals surface area contributed by atoms with E-state index in [-0.39, 0.29) is 24.0 Å². The SMILES string of the molecule is CCc1nncn1CCNC(=NC)NCc1coc(-c2cccs2)n1.I. The minimum Gasteiger partial charge on any atom is -0.443 e. The van der Waals surface area contributed by atoms with Crippen LogP contribution in [0.2, 0.25) is 0 Å². The molecule has 0 spiro atoms. The lowest BCUT2D eigenvalue weighted by Gasteiger charge is -2.11. The van der Waals surface area contributed by atoms with Crippen molar-refractivity contribution in [2.45, 2.75) is 26.4 Å². The van der Waals surface area contributed by atoms with Gasteiger partial charge in [0.15, 0.2) is 5.96 Å². The molecule has 140 valence electrons. The first-order valence-electron chi connectivity index (χ1n) is 8.09. The summed E-state index contributed by atoms with van der Waals surface area (Å²) in [5, 5.41) is 16.5. The van der Waals surface area contributed by atoms with Gasteiger partial charge in [-0.25, -0.2) is 4.98 Å². The lowest BCUT2D eigenvalue weighted by Crippen LogP contribution is -2.38. The van der Waals surface area contributed by atoms with Gasteiger partial charge in [-0.2, -0.15) is 0 Å². The molecule has 0 aliphatic carbocycles. The minimum absolute atomic E-state index is 0. The molecule has 3 rings (SSSR count). The van der Waals surface area contributed by atoms with E-state index in [9.17, 15) is 0 Å². The Morgan fingerprint density at radius 1 is 1.38 bits per heavy atom. The fourth-order valence-corrected chi connectivity index (χ4v) is 2.99. The number of hydrogen-bond donors (Lipinski definition) is 2. The fourth-order valence-electron chi connectivity index (χ4n) is 2.33. The number of aromatic nitrogens is 4. The zero-order valence-electron chi connectivity index (χ0n) is 14.7. The van der Waals surface area contributed by atoms with Gasteiger partial charge >= 0.3 is 0 Å². The first-order valence-corrected chi connectivity index (χ1v) is 8.97. The number of aryl methyl sites for hydroxylation is 1. The number of nitrogens with one attached hydrogen (secondary N) is 2. The summed E-state index contributed by atoms with van der Waals surface area (Å²) in [7, 11) is 1.74. The Morgan fingerprint density at radius 2 is 2.27 bits per heavy atom. The van der Waals surface area contributed by atoms with Crippen LogP contribution in [-0.2, 0) is 19.5 Å². The van der Waals surface area contributed by atoms with Crippen LogP contribution < -0.4 is 10.6 Å². The van der Waals surface area contributed by atoms with Gasteiger partial charge in [0.1, 0.15) is 18.4 Å². The Labute approximate surface area is 173 Å². The van der Waals surface area contributed by atoms with Gasteiger partial charge in [0, 0.05) is 26.6 Å². The molecule has 0 unspecified atom stereocenters. The zero-order valence-corrected chi connectivity index (χ0v) is 17.8. The van der Waals surface area contributed by atoms with Gasteiger partial charge in [-0.15, -0.1) is 45.5 Å². The smallest absolute Gasteiger partial charge is 0.236 e. The maximum atomic E-state index is 5.51. The summed E-state index contributed by atoms with van der Waals surface area (Å²) in [4.78, 5) is 9.72. The van der Waals surface area contributed by atoms with Crippen molar-refractivity contribution in [2.24, 2.45) is 4.99 Å². The van der Waals surface area contributed by atoms with Crippen LogP contribution in [-0.4, -0.2) is 39.3 Å². The molecule has 0 radical (unpaired) electrons. The average molecular weight is 487 g/mol. The zero-order chi connectivity index (χ0) is 17.5. The molecule has 0 aliphatic heterocycles. The maximum absolute atomic E-state index is 5.51. The molecular weight excluding hydrogens is 465 g/mol. The summed E-state index contributed by atoms with van der Waals surface area (Å²) in [6.07, 6.45) is 4.28. The van der Waals surface area contributed by atoms with Crippen molar-refractivity contribution >= 4 is 41.3 Å². The van der Waals surface area contributed by atoms with E-state index in [0.717, 1.165) is 35.9 Å². The van der Waals surface area contributed by atoms with Crippen LogP contribution in [0.1, 0.15) is 18.4 Å². The van der Waals surface area contributed by atoms with Crippen LogP contribution in [0, 0.1) is 0 Å². The van der Waals surface area contributed by atoms with Gasteiger partial charge in [-0.3, -0.25) is 4.99 Å². The van der Waals surface area contributed by atoms with Crippen LogP contribution in [0.5, 0.6) is 0 Å². The Bertz CT molecular complexity index is 812. The van der Waals surface area contributed by atoms with E-state index in [1.54, 1.807) is 31.0 Å². The van der Waals surface area contributed by atoms with Gasteiger partial charge in [0.25, 0.3) is 0 Å². The molecule has 0 fully saturated rings. The van der Waals surface area contributed by atoms with E-state index in [0.29, 0.717) is 18.4 Å². The monoisotopic (exact) mass is 487 g/mol. The summed E-state index contributed by atoms with van der Waals surface area (Å²) < 4.78 is 7.55. The Kier molecular flexibility index (Phi) is 8.04. The quantitative estimate of drug-likeness (QED) is 0.302. The number of oxazole rings is 1. The molecule has 0 amide bonds. The van der Waals surface area contributed by atoms with Crippen LogP contribution in [0.3, 0.4) is 0 Å². The lowest BCUT2D eigenvalue weighted by molar-refractivity contribution is 0.573. The molecule has 3 heterocycles. The number of nitrogens with zero attached hydrogens (tertiary/aromatic N) is 5. The van der Waals surface area contributed by atoms with E-state index >= 15 is 0 Å². The first-order chi connectivity index (χ1) is 12.3. The molecule has 3 aromatic heterocycles. The minimum atomic E-state index is 0. The molecule has 2 N–H and O–H groups in total. The number of aliphatic imine (C=N–C) groups is 1. The molecule has 0 saturated carbocycles. The van der Waals surface area contributed by atoms with E-state index in [1.807, 2.05) is 22.1 Å². The second kappa shape index (κ2) is 10.3. The molecule has 10 heteroatoms. The second-order valence-electron chi connectivity index (χ2n) is 5.27. The average Bonchev–Trinajstić information content (AvgIpc) is 3.38. The predicted octanol–water partition coefficient (Wildman–Crippen LogP) is 2.54. The summed E-state index contributed by atoms with van der Waals surface area (Å²) >= 11 is 1.61. The van der Waals surface area contributed by atoms with Gasteiger partial charge in [-0.1, -0.05) is 13.0 Å². The van der Waals surface area contributed by atoms with Crippen molar-refractivity contribution in [1.29, 1.82) is 0 Å². The van der Waals surface area contributed by atoms with E-state index in [1.165, 1.54) is 0 Å². The summed E-state index contributed by atoms with van der Waals surface area (Å²) in [5.41, 5.74) is 0.832. The third-order valence-electron chi connectivity index (χ3n) is 3.60. The Hall–Kier alpha value is -1.95. The highest BCUT2D eigenvalue weighted by molar-refractivity contribution is 14.0. The third kappa shape index (κ3) is 5.27. The van der Waals surface area contributed by atoms with E-state index in [4.69, 9.17) is 4.42 Å². The third-order valence-corrected chi connectivity index (χ3v) is 4.46. The number of thiophene rings is 1. The predicted molar refractivity (Wildman–Crippen MR) is 113 cm³/mol. The van der Waals surface area contributed by atoms with Crippen molar-refractivity contribution in [3.8, 4) is 10.8 Å². The van der Waals surface area contributed by atoms with Crippen molar-refractivity contribution in [3.63, 3.8) is 0 Å². The Balaban J connectivity index is 0.00000243. The topological polar surface area (TPSA) is 93.2 Å². The van der Waals surface area contributed by atoms with Gasteiger partial charge in [-0.05, 0) is 11.4 Å². The summed E-state index contributed by atoms with van der Waals surface area (Å²) in [5.74, 6) is 2.34. The highest BCUT2D eigenvalue weighted by atomic mass is 127. The number of rotatable bonds is 7. The normalized spacial score (nSPS) is 11.2. The van der Waals surface area contributed by atoms with Gasteiger partial charge in [0.2, 0.25) is 5.89 Å². The highest BCUT2D eigenvalue weighted by Crippen LogP contribution is 2.23. The summed E-state index contributed by atoms with van der Waals surface area (Å²) in [6.45, 7) is 4.12. The number of guanidine groups is 1. The maximum Gasteiger partial charge on any atom is 0.236 e. The van der Waals surface area contributed by atoms with Gasteiger partial charge in [0.05, 0.1) is 17.1 Å². The van der Waals surface area contributed by atoms with E-state index < -0.39 is 0 Å². The molecular formula is C16H22IN7OS. The molecule has 3 aromatic rings. The lowest BCUT2D eigenvalue weighted by atomic mass is 10.4. The first kappa shape index (κ1) is 20.4. The fraction of sp³-hybridized carbons (Fsp3) is 0.375. The number of hydrogen-bond acceptors (Lipinski definition) is 6. The van der Waals surface area contributed by atoms with Crippen molar-refractivity contribution in [2.75, 3.05) is 13.6 Å². The van der Waals surface area contributed by atoms with Crippen LogP contribution in [0.4, 0.5) is 0 Å². The molecule has 0 saturated heterocycles. The van der Waals surface area contributed by atoms with Gasteiger partial charge < -0.3 is 19.6 Å².